The molecule has 2 fully saturated rings. The van der Waals surface area contributed by atoms with Gasteiger partial charge in [-0.25, -0.2) is 8.42 Å². The SMILES string of the molecule is O=S(=O)(c1ccccc1Cl)N1CCN(c2ccc(N3CCCCC3)nn2)CC1. The van der Waals surface area contributed by atoms with Crippen molar-refractivity contribution in [2.75, 3.05) is 49.1 Å². The molecule has 1 aromatic heterocycles. The summed E-state index contributed by atoms with van der Waals surface area (Å²) in [5.74, 6) is 1.71. The zero-order chi connectivity index (χ0) is 19.6. The average Bonchev–Trinajstić information content (AvgIpc) is 2.75. The first-order chi connectivity index (χ1) is 13.6. The molecule has 0 atom stereocenters. The molecule has 2 aromatic rings. The Balaban J connectivity index is 1.41. The number of piperidine rings is 1. The van der Waals surface area contributed by atoms with Crippen LogP contribution in [0.15, 0.2) is 41.3 Å². The lowest BCUT2D eigenvalue weighted by molar-refractivity contribution is 0.383. The van der Waals surface area contributed by atoms with Crippen molar-refractivity contribution in [2.45, 2.75) is 24.2 Å². The molecule has 1 aromatic carbocycles. The number of halogens is 1. The molecule has 9 heteroatoms. The topological polar surface area (TPSA) is 69.6 Å². The van der Waals surface area contributed by atoms with Crippen molar-refractivity contribution < 1.29 is 8.42 Å². The summed E-state index contributed by atoms with van der Waals surface area (Å²) >= 11 is 6.09. The van der Waals surface area contributed by atoms with Crippen LogP contribution < -0.4 is 9.80 Å². The van der Waals surface area contributed by atoms with E-state index in [0.29, 0.717) is 26.2 Å². The van der Waals surface area contributed by atoms with E-state index < -0.39 is 10.0 Å². The van der Waals surface area contributed by atoms with E-state index in [4.69, 9.17) is 11.6 Å². The van der Waals surface area contributed by atoms with Gasteiger partial charge in [-0.2, -0.15) is 4.31 Å². The van der Waals surface area contributed by atoms with Crippen molar-refractivity contribution in [3.05, 3.63) is 41.4 Å². The Hall–Kier alpha value is -1.90. The first-order valence-corrected chi connectivity index (χ1v) is 11.5. The Kier molecular flexibility index (Phi) is 5.70. The number of benzene rings is 1. The molecule has 150 valence electrons. The molecule has 4 rings (SSSR count). The number of hydrogen-bond acceptors (Lipinski definition) is 6. The third-order valence-electron chi connectivity index (χ3n) is 5.33. The Morgan fingerprint density at radius 1 is 0.750 bits per heavy atom. The minimum Gasteiger partial charge on any atom is -0.355 e. The van der Waals surface area contributed by atoms with Crippen LogP contribution in [0.5, 0.6) is 0 Å². The van der Waals surface area contributed by atoms with Gasteiger partial charge in [0, 0.05) is 39.3 Å². The predicted octanol–water partition coefficient (Wildman–Crippen LogP) is 2.63. The zero-order valence-electron chi connectivity index (χ0n) is 15.7. The van der Waals surface area contributed by atoms with E-state index >= 15 is 0 Å². The van der Waals surface area contributed by atoms with Gasteiger partial charge in [0.1, 0.15) is 4.90 Å². The Bertz CT molecular complexity index is 908. The smallest absolute Gasteiger partial charge is 0.244 e. The zero-order valence-corrected chi connectivity index (χ0v) is 17.2. The van der Waals surface area contributed by atoms with Gasteiger partial charge in [-0.1, -0.05) is 23.7 Å². The van der Waals surface area contributed by atoms with Gasteiger partial charge in [-0.15, -0.1) is 10.2 Å². The number of sulfonamides is 1. The van der Waals surface area contributed by atoms with Crippen molar-refractivity contribution in [3.8, 4) is 0 Å². The van der Waals surface area contributed by atoms with Crippen molar-refractivity contribution in [1.29, 1.82) is 0 Å². The van der Waals surface area contributed by atoms with E-state index in [1.807, 2.05) is 12.1 Å². The maximum atomic E-state index is 12.9. The summed E-state index contributed by atoms with van der Waals surface area (Å²) in [6, 6.07) is 10.6. The summed E-state index contributed by atoms with van der Waals surface area (Å²) in [5.41, 5.74) is 0. The molecule has 2 saturated heterocycles. The monoisotopic (exact) mass is 421 g/mol. The van der Waals surface area contributed by atoms with Crippen molar-refractivity contribution in [1.82, 2.24) is 14.5 Å². The average molecular weight is 422 g/mol. The van der Waals surface area contributed by atoms with Gasteiger partial charge >= 0.3 is 0 Å². The minimum atomic E-state index is -3.59. The number of rotatable bonds is 4. The summed E-state index contributed by atoms with van der Waals surface area (Å²) in [7, 11) is -3.59. The lowest BCUT2D eigenvalue weighted by Gasteiger charge is -2.34. The van der Waals surface area contributed by atoms with Crippen LogP contribution in [0, 0.1) is 0 Å². The van der Waals surface area contributed by atoms with Gasteiger partial charge in [0.2, 0.25) is 10.0 Å². The minimum absolute atomic E-state index is 0.163. The van der Waals surface area contributed by atoms with Gasteiger partial charge in [0.25, 0.3) is 0 Å². The van der Waals surface area contributed by atoms with Crippen LogP contribution in [-0.4, -0.2) is 62.2 Å². The Labute approximate surface area is 171 Å². The molecular weight excluding hydrogens is 398 g/mol. The quantitative estimate of drug-likeness (QED) is 0.755. The van der Waals surface area contributed by atoms with Crippen molar-refractivity contribution >= 4 is 33.3 Å². The Morgan fingerprint density at radius 3 is 1.89 bits per heavy atom. The molecule has 0 aliphatic carbocycles. The normalized spacial score (nSPS) is 19.0. The van der Waals surface area contributed by atoms with Crippen LogP contribution in [0.2, 0.25) is 5.02 Å². The molecule has 3 heterocycles. The molecule has 0 saturated carbocycles. The fourth-order valence-corrected chi connectivity index (χ4v) is 5.64. The van der Waals surface area contributed by atoms with E-state index in [2.05, 4.69) is 20.0 Å². The van der Waals surface area contributed by atoms with E-state index in [1.54, 1.807) is 24.3 Å². The highest BCUT2D eigenvalue weighted by molar-refractivity contribution is 7.89. The molecule has 0 N–H and O–H groups in total. The van der Waals surface area contributed by atoms with E-state index in [9.17, 15) is 8.42 Å². The van der Waals surface area contributed by atoms with E-state index in [1.165, 1.54) is 23.6 Å². The lowest BCUT2D eigenvalue weighted by Crippen LogP contribution is -2.49. The maximum Gasteiger partial charge on any atom is 0.244 e. The summed E-state index contributed by atoms with van der Waals surface area (Å²) < 4.78 is 27.2. The van der Waals surface area contributed by atoms with E-state index in [-0.39, 0.29) is 9.92 Å². The largest absolute Gasteiger partial charge is 0.355 e. The van der Waals surface area contributed by atoms with Gasteiger partial charge in [-0.05, 0) is 43.5 Å². The Morgan fingerprint density at radius 2 is 1.32 bits per heavy atom. The van der Waals surface area contributed by atoms with Gasteiger partial charge in [0.05, 0.1) is 5.02 Å². The van der Waals surface area contributed by atoms with E-state index in [0.717, 1.165) is 24.7 Å². The number of anilines is 2. The molecule has 0 bridgehead atoms. The van der Waals surface area contributed by atoms with Crippen LogP contribution in [0.25, 0.3) is 0 Å². The number of hydrogen-bond donors (Lipinski definition) is 0. The molecule has 7 nitrogen and oxygen atoms in total. The summed E-state index contributed by atoms with van der Waals surface area (Å²) in [6.07, 6.45) is 3.68. The van der Waals surface area contributed by atoms with Crippen LogP contribution in [0.4, 0.5) is 11.6 Å². The van der Waals surface area contributed by atoms with Crippen molar-refractivity contribution in [2.24, 2.45) is 0 Å². The molecule has 28 heavy (non-hydrogen) atoms. The second-order valence-electron chi connectivity index (χ2n) is 7.12. The van der Waals surface area contributed by atoms with Gasteiger partial charge < -0.3 is 9.80 Å². The van der Waals surface area contributed by atoms with Gasteiger partial charge in [-0.3, -0.25) is 0 Å². The van der Waals surface area contributed by atoms with Crippen molar-refractivity contribution in [3.63, 3.8) is 0 Å². The maximum absolute atomic E-state index is 12.9. The van der Waals surface area contributed by atoms with Crippen LogP contribution in [0.1, 0.15) is 19.3 Å². The highest BCUT2D eigenvalue weighted by Crippen LogP contribution is 2.26. The summed E-state index contributed by atoms with van der Waals surface area (Å²) in [5, 5.41) is 9.03. The second kappa shape index (κ2) is 8.23. The first kappa shape index (κ1) is 19.4. The van der Waals surface area contributed by atoms with Gasteiger partial charge in [0.15, 0.2) is 11.6 Å². The molecule has 2 aliphatic heterocycles. The third-order valence-corrected chi connectivity index (χ3v) is 7.73. The fourth-order valence-electron chi connectivity index (χ4n) is 3.73. The fraction of sp³-hybridized carbons (Fsp3) is 0.474. The summed E-state index contributed by atoms with van der Waals surface area (Å²) in [4.78, 5) is 4.51. The first-order valence-electron chi connectivity index (χ1n) is 9.64. The molecule has 0 amide bonds. The van der Waals surface area contributed by atoms with Crippen LogP contribution in [-0.2, 0) is 10.0 Å². The standard InChI is InChI=1S/C19H24ClN5O2S/c20-16-6-2-3-7-17(16)28(26,27)25-14-12-24(13-15-25)19-9-8-18(21-22-19)23-10-4-1-5-11-23/h2-3,6-9H,1,4-5,10-15H2. The number of aromatic nitrogens is 2. The highest BCUT2D eigenvalue weighted by Gasteiger charge is 2.30. The highest BCUT2D eigenvalue weighted by atomic mass is 35.5. The second-order valence-corrected chi connectivity index (χ2v) is 9.43. The van der Waals surface area contributed by atoms with Crippen LogP contribution >= 0.6 is 11.6 Å². The molecular formula is C19H24ClN5O2S. The molecule has 0 unspecified atom stereocenters. The molecule has 2 aliphatic rings. The molecule has 0 radical (unpaired) electrons. The third kappa shape index (κ3) is 3.94. The molecule has 0 spiro atoms. The summed E-state index contributed by atoms with van der Waals surface area (Å²) in [6.45, 7) is 3.99. The van der Waals surface area contributed by atoms with Crippen LogP contribution in [0.3, 0.4) is 0 Å². The lowest BCUT2D eigenvalue weighted by atomic mass is 10.1. The number of nitrogens with zero attached hydrogens (tertiary/aromatic N) is 5. The predicted molar refractivity (Wildman–Crippen MR) is 111 cm³/mol. The number of piperazine rings is 1.